The molecule has 1 rings (SSSR count). The standard InChI is InChI=1S/C17H20F3N3O5/c1-9(2)22-16(27)23-14(25)10(3)28-13(24)8-21-15(26)11-4-6-12(7-5-11)17(18,19)20/h4-7,9-10H,8H2,1-3H3,(H,21,26)(H2,22,23,25,27). The lowest BCUT2D eigenvalue weighted by atomic mass is 10.1. The van der Waals surface area contributed by atoms with Crippen LogP contribution >= 0.6 is 0 Å². The number of alkyl halides is 3. The number of ether oxygens (including phenoxy) is 1. The molecule has 0 spiro atoms. The number of halogens is 3. The molecule has 0 aliphatic heterocycles. The predicted octanol–water partition coefficient (Wildman–Crippen LogP) is 1.60. The van der Waals surface area contributed by atoms with Crippen molar-refractivity contribution in [2.75, 3.05) is 6.54 Å². The highest BCUT2D eigenvalue weighted by Crippen LogP contribution is 2.29. The van der Waals surface area contributed by atoms with Crippen LogP contribution in [0.15, 0.2) is 24.3 Å². The number of esters is 1. The summed E-state index contributed by atoms with van der Waals surface area (Å²) in [6.07, 6.45) is -5.82. The van der Waals surface area contributed by atoms with Crippen molar-refractivity contribution in [1.82, 2.24) is 16.0 Å². The summed E-state index contributed by atoms with van der Waals surface area (Å²) in [4.78, 5) is 46.6. The highest BCUT2D eigenvalue weighted by molar-refractivity contribution is 5.98. The zero-order valence-electron chi connectivity index (χ0n) is 15.3. The van der Waals surface area contributed by atoms with Crippen molar-refractivity contribution in [1.29, 1.82) is 0 Å². The number of carbonyl (C=O) groups excluding carboxylic acids is 4. The molecule has 28 heavy (non-hydrogen) atoms. The highest BCUT2D eigenvalue weighted by atomic mass is 19.4. The number of hydrogen-bond acceptors (Lipinski definition) is 5. The Labute approximate surface area is 158 Å². The molecule has 154 valence electrons. The summed E-state index contributed by atoms with van der Waals surface area (Å²) >= 11 is 0. The summed E-state index contributed by atoms with van der Waals surface area (Å²) in [5.74, 6) is -2.62. The number of carbonyl (C=O) groups is 4. The minimum Gasteiger partial charge on any atom is -0.451 e. The SMILES string of the molecule is CC(C)NC(=O)NC(=O)C(C)OC(=O)CNC(=O)c1ccc(C(F)(F)F)cc1. The lowest BCUT2D eigenvalue weighted by molar-refractivity contribution is -0.153. The van der Waals surface area contributed by atoms with Gasteiger partial charge in [0.05, 0.1) is 5.56 Å². The molecule has 3 N–H and O–H groups in total. The molecule has 1 atom stereocenters. The molecule has 8 nitrogen and oxygen atoms in total. The fourth-order valence-electron chi connectivity index (χ4n) is 1.87. The van der Waals surface area contributed by atoms with E-state index in [0.717, 1.165) is 24.3 Å². The lowest BCUT2D eigenvalue weighted by Crippen LogP contribution is -2.47. The quantitative estimate of drug-likeness (QED) is 0.625. The van der Waals surface area contributed by atoms with Gasteiger partial charge in [-0.1, -0.05) is 0 Å². The molecule has 1 aromatic carbocycles. The van der Waals surface area contributed by atoms with Crippen molar-refractivity contribution in [3.05, 3.63) is 35.4 Å². The van der Waals surface area contributed by atoms with Crippen LogP contribution < -0.4 is 16.0 Å². The van der Waals surface area contributed by atoms with E-state index in [-0.39, 0.29) is 11.6 Å². The zero-order valence-corrected chi connectivity index (χ0v) is 15.3. The van der Waals surface area contributed by atoms with Crippen molar-refractivity contribution in [2.45, 2.75) is 39.1 Å². The Morgan fingerprint density at radius 1 is 1.04 bits per heavy atom. The van der Waals surface area contributed by atoms with Crippen LogP contribution in [0.4, 0.5) is 18.0 Å². The molecule has 1 aromatic rings. The van der Waals surface area contributed by atoms with Crippen molar-refractivity contribution in [3.63, 3.8) is 0 Å². The molecule has 0 heterocycles. The van der Waals surface area contributed by atoms with Gasteiger partial charge in [-0.2, -0.15) is 13.2 Å². The fourth-order valence-corrected chi connectivity index (χ4v) is 1.87. The van der Waals surface area contributed by atoms with Crippen molar-refractivity contribution < 1.29 is 37.1 Å². The topological polar surface area (TPSA) is 114 Å². The van der Waals surface area contributed by atoms with Gasteiger partial charge >= 0.3 is 18.2 Å². The van der Waals surface area contributed by atoms with E-state index in [4.69, 9.17) is 4.74 Å². The summed E-state index contributed by atoms with van der Waals surface area (Å²) < 4.78 is 42.2. The summed E-state index contributed by atoms with van der Waals surface area (Å²) in [5.41, 5.74) is -0.998. The van der Waals surface area contributed by atoms with Gasteiger partial charge in [0.25, 0.3) is 11.8 Å². The normalized spacial score (nSPS) is 12.1. The van der Waals surface area contributed by atoms with Crippen LogP contribution in [0.25, 0.3) is 0 Å². The van der Waals surface area contributed by atoms with Gasteiger partial charge in [0, 0.05) is 11.6 Å². The summed E-state index contributed by atoms with van der Waals surface area (Å²) in [5, 5.41) is 6.56. The van der Waals surface area contributed by atoms with E-state index < -0.39 is 48.2 Å². The molecule has 0 radical (unpaired) electrons. The maximum absolute atomic E-state index is 12.5. The molecule has 0 saturated carbocycles. The van der Waals surface area contributed by atoms with E-state index in [9.17, 15) is 32.3 Å². The number of nitrogens with one attached hydrogen (secondary N) is 3. The molecular formula is C17H20F3N3O5. The summed E-state index contributed by atoms with van der Waals surface area (Å²) in [7, 11) is 0. The van der Waals surface area contributed by atoms with Crippen LogP contribution in [0.5, 0.6) is 0 Å². The number of urea groups is 1. The molecule has 0 fully saturated rings. The predicted molar refractivity (Wildman–Crippen MR) is 91.1 cm³/mol. The number of amides is 4. The van der Waals surface area contributed by atoms with E-state index in [2.05, 4.69) is 10.6 Å². The maximum atomic E-state index is 12.5. The molecule has 0 aliphatic rings. The van der Waals surface area contributed by atoms with Gasteiger partial charge < -0.3 is 15.4 Å². The van der Waals surface area contributed by atoms with Crippen LogP contribution in [0.1, 0.15) is 36.7 Å². The van der Waals surface area contributed by atoms with Crippen molar-refractivity contribution in [2.24, 2.45) is 0 Å². The van der Waals surface area contributed by atoms with Crippen LogP contribution in [0, 0.1) is 0 Å². The van der Waals surface area contributed by atoms with Gasteiger partial charge in [-0.3, -0.25) is 19.7 Å². The number of benzene rings is 1. The average molecular weight is 403 g/mol. The molecule has 0 saturated heterocycles. The lowest BCUT2D eigenvalue weighted by Gasteiger charge is -2.14. The Balaban J connectivity index is 2.47. The Morgan fingerprint density at radius 2 is 1.61 bits per heavy atom. The first-order chi connectivity index (χ1) is 12.9. The third-order valence-electron chi connectivity index (χ3n) is 3.20. The number of imide groups is 1. The smallest absolute Gasteiger partial charge is 0.416 e. The first kappa shape index (κ1) is 22.9. The van der Waals surface area contributed by atoms with E-state index in [1.54, 1.807) is 13.8 Å². The second-order valence-corrected chi connectivity index (χ2v) is 6.01. The van der Waals surface area contributed by atoms with Gasteiger partial charge in [0.15, 0.2) is 6.10 Å². The fraction of sp³-hybridized carbons (Fsp3) is 0.412. The van der Waals surface area contributed by atoms with Gasteiger partial charge in [0.2, 0.25) is 0 Å². The minimum absolute atomic E-state index is 0.0862. The molecule has 4 amide bonds. The Kier molecular flexibility index (Phi) is 7.96. The average Bonchev–Trinajstić information content (AvgIpc) is 2.58. The second-order valence-electron chi connectivity index (χ2n) is 6.01. The van der Waals surface area contributed by atoms with Crippen molar-refractivity contribution in [3.8, 4) is 0 Å². The van der Waals surface area contributed by atoms with E-state index in [1.807, 2.05) is 5.32 Å². The van der Waals surface area contributed by atoms with Gasteiger partial charge in [-0.15, -0.1) is 0 Å². The molecule has 0 aromatic heterocycles. The van der Waals surface area contributed by atoms with E-state index in [1.165, 1.54) is 6.92 Å². The summed E-state index contributed by atoms with van der Waals surface area (Å²) in [6, 6.07) is 2.45. The first-order valence-electron chi connectivity index (χ1n) is 8.16. The third-order valence-corrected chi connectivity index (χ3v) is 3.20. The summed E-state index contributed by atoms with van der Waals surface area (Å²) in [6.45, 7) is 3.99. The maximum Gasteiger partial charge on any atom is 0.416 e. The molecule has 1 unspecified atom stereocenters. The van der Waals surface area contributed by atoms with Crippen LogP contribution in [0.2, 0.25) is 0 Å². The number of hydrogen-bond donors (Lipinski definition) is 3. The van der Waals surface area contributed by atoms with Gasteiger partial charge in [0.1, 0.15) is 6.54 Å². The second kappa shape index (κ2) is 9.72. The highest BCUT2D eigenvalue weighted by Gasteiger charge is 2.30. The van der Waals surface area contributed by atoms with Crippen LogP contribution in [-0.2, 0) is 20.5 Å². The van der Waals surface area contributed by atoms with Crippen LogP contribution in [-0.4, -0.2) is 42.5 Å². The molecular weight excluding hydrogens is 383 g/mol. The van der Waals surface area contributed by atoms with Crippen LogP contribution in [0.3, 0.4) is 0 Å². The first-order valence-corrected chi connectivity index (χ1v) is 8.16. The van der Waals surface area contributed by atoms with Gasteiger partial charge in [-0.05, 0) is 45.0 Å². The Hall–Kier alpha value is -3.11. The molecule has 0 aliphatic carbocycles. The van der Waals surface area contributed by atoms with E-state index >= 15 is 0 Å². The van der Waals surface area contributed by atoms with Crippen molar-refractivity contribution >= 4 is 23.8 Å². The third kappa shape index (κ3) is 7.64. The Bertz CT molecular complexity index is 733. The Morgan fingerprint density at radius 3 is 2.11 bits per heavy atom. The van der Waals surface area contributed by atoms with E-state index in [0.29, 0.717) is 0 Å². The minimum atomic E-state index is -4.53. The molecule has 11 heteroatoms. The molecule has 0 bridgehead atoms. The zero-order chi connectivity index (χ0) is 21.5. The largest absolute Gasteiger partial charge is 0.451 e. The number of rotatable bonds is 6. The monoisotopic (exact) mass is 403 g/mol. The van der Waals surface area contributed by atoms with Gasteiger partial charge in [-0.25, -0.2) is 4.79 Å².